The zero-order valence-electron chi connectivity index (χ0n) is 24.8. The van der Waals surface area contributed by atoms with Crippen LogP contribution in [-0.2, 0) is 20.9 Å². The maximum Gasteiger partial charge on any atom is 0.251 e. The van der Waals surface area contributed by atoms with Crippen molar-refractivity contribution in [2.45, 2.75) is 42.9 Å². The largest absolute Gasteiger partial charge is 0.396 e. The highest BCUT2D eigenvalue weighted by Gasteiger charge is 2.70. The van der Waals surface area contributed by atoms with Crippen LogP contribution in [0.1, 0.15) is 25.8 Å². The van der Waals surface area contributed by atoms with E-state index in [0.717, 1.165) is 30.0 Å². The number of benzene rings is 2. The highest BCUT2D eigenvalue weighted by atomic mass is 32.2. The number of fused-ring (bicyclic) bond motifs is 2. The molecule has 0 bridgehead atoms. The van der Waals surface area contributed by atoms with Gasteiger partial charge in [0.25, 0.3) is 5.91 Å². The Labute approximate surface area is 258 Å². The molecule has 3 amide bonds. The second-order valence-corrected chi connectivity index (χ2v) is 13.1. The summed E-state index contributed by atoms with van der Waals surface area (Å²) < 4.78 is -0.870. The van der Waals surface area contributed by atoms with E-state index >= 15 is 0 Å². The number of nitrogens with zero attached hydrogens (tertiary/aromatic N) is 4. The Kier molecular flexibility index (Phi) is 8.38. The summed E-state index contributed by atoms with van der Waals surface area (Å²) in [5.41, 5.74) is 2.92. The summed E-state index contributed by atoms with van der Waals surface area (Å²) in [7, 11) is 0. The Hall–Kier alpha value is -3.56. The van der Waals surface area contributed by atoms with Gasteiger partial charge < -0.3 is 24.7 Å². The van der Waals surface area contributed by atoms with Gasteiger partial charge >= 0.3 is 0 Å². The van der Waals surface area contributed by atoms with Gasteiger partial charge in [0.2, 0.25) is 11.8 Å². The number of likely N-dealkylation sites (tertiary alicyclic amines) is 1. The highest BCUT2D eigenvalue weighted by Crippen LogP contribution is 2.61. The van der Waals surface area contributed by atoms with Crippen molar-refractivity contribution in [2.75, 3.05) is 49.1 Å². The number of carbonyl (C=O) groups excluding carboxylic acids is 3. The SMILES string of the molecule is CCN(CC)c1ccc(N2CC=C[C@]34S[C@@H]5C=CCN(Cc6ccccc6)C(=O)[C@@H]5[C@H]3C(=O)N(CCCO)C4C2=O)cc1. The van der Waals surface area contributed by atoms with E-state index in [0.29, 0.717) is 26.1 Å². The molecule has 0 aliphatic carbocycles. The fourth-order valence-corrected chi connectivity index (χ4v) is 9.29. The average molecular weight is 601 g/mol. The smallest absolute Gasteiger partial charge is 0.251 e. The highest BCUT2D eigenvalue weighted by molar-refractivity contribution is 8.02. The summed E-state index contributed by atoms with van der Waals surface area (Å²) in [5, 5.41) is 9.48. The average Bonchev–Trinajstić information content (AvgIpc) is 3.34. The summed E-state index contributed by atoms with van der Waals surface area (Å²) >= 11 is 1.59. The number of thioether (sulfide) groups is 1. The topological polar surface area (TPSA) is 84.4 Å². The molecular weight excluding hydrogens is 560 g/mol. The van der Waals surface area contributed by atoms with Crippen LogP contribution in [0.4, 0.5) is 11.4 Å². The maximum atomic E-state index is 14.6. The second kappa shape index (κ2) is 12.2. The molecule has 226 valence electrons. The number of anilines is 2. The van der Waals surface area contributed by atoms with Crippen LogP contribution in [0.3, 0.4) is 0 Å². The van der Waals surface area contributed by atoms with E-state index in [1.807, 2.05) is 77.7 Å². The number of hydrogen-bond acceptors (Lipinski definition) is 6. The first-order valence-corrected chi connectivity index (χ1v) is 16.2. The standard InChI is InChI=1S/C34H40N4O4S/c1-3-35(4-2)25-14-16-26(17-15-25)37-20-9-18-34-29(32(41)38(21-10-22-39)30(34)33(37)42)28-27(43-34)13-8-19-36(31(28)40)23-24-11-6-5-7-12-24/h5-9,11-18,27-30,39H,3-4,10,19-23H2,1-2H3/t27-,28+,29+,30?,34+/m1/s1. The molecule has 4 aliphatic rings. The molecule has 5 atom stereocenters. The molecule has 1 spiro atoms. The molecular formula is C34H40N4O4S. The molecule has 43 heavy (non-hydrogen) atoms. The molecule has 0 aromatic heterocycles. The fraction of sp³-hybridized carbons (Fsp3) is 0.441. The maximum absolute atomic E-state index is 14.6. The molecule has 9 heteroatoms. The van der Waals surface area contributed by atoms with Crippen LogP contribution in [0, 0.1) is 11.8 Å². The minimum Gasteiger partial charge on any atom is -0.396 e. The van der Waals surface area contributed by atoms with E-state index < -0.39 is 22.6 Å². The molecule has 0 saturated carbocycles. The lowest BCUT2D eigenvalue weighted by Gasteiger charge is -2.35. The Morgan fingerprint density at radius 2 is 1.67 bits per heavy atom. The molecule has 0 radical (unpaired) electrons. The minimum atomic E-state index is -0.870. The number of rotatable bonds is 9. The van der Waals surface area contributed by atoms with Crippen molar-refractivity contribution in [3.05, 3.63) is 84.5 Å². The van der Waals surface area contributed by atoms with Gasteiger partial charge in [-0.2, -0.15) is 0 Å². The Balaban J connectivity index is 1.35. The van der Waals surface area contributed by atoms with E-state index in [1.54, 1.807) is 21.6 Å². The predicted molar refractivity (Wildman–Crippen MR) is 171 cm³/mol. The van der Waals surface area contributed by atoms with Gasteiger partial charge in [0, 0.05) is 62.5 Å². The summed E-state index contributed by atoms with van der Waals surface area (Å²) in [6.07, 6.45) is 8.52. The number of aliphatic hydroxyl groups excluding tert-OH is 1. The zero-order valence-corrected chi connectivity index (χ0v) is 25.7. The lowest BCUT2D eigenvalue weighted by molar-refractivity contribution is -0.143. The molecule has 4 heterocycles. The third-order valence-electron chi connectivity index (χ3n) is 9.31. The van der Waals surface area contributed by atoms with Gasteiger partial charge in [0.05, 0.1) is 16.6 Å². The Morgan fingerprint density at radius 3 is 2.37 bits per heavy atom. The number of carbonyl (C=O) groups is 3. The first-order chi connectivity index (χ1) is 20.9. The van der Waals surface area contributed by atoms with Crippen molar-refractivity contribution < 1.29 is 19.5 Å². The summed E-state index contributed by atoms with van der Waals surface area (Å²) in [6, 6.07) is 17.2. The van der Waals surface area contributed by atoms with Crippen molar-refractivity contribution in [3.63, 3.8) is 0 Å². The molecule has 2 saturated heterocycles. The van der Waals surface area contributed by atoms with E-state index in [-0.39, 0.29) is 36.1 Å². The van der Waals surface area contributed by atoms with Gasteiger partial charge in [0.1, 0.15) is 6.04 Å². The zero-order chi connectivity index (χ0) is 30.1. The molecule has 1 unspecified atom stereocenters. The van der Waals surface area contributed by atoms with Crippen molar-refractivity contribution >= 4 is 40.9 Å². The van der Waals surface area contributed by atoms with Crippen LogP contribution < -0.4 is 9.80 Å². The van der Waals surface area contributed by atoms with Crippen LogP contribution in [0.5, 0.6) is 0 Å². The van der Waals surface area contributed by atoms with Gasteiger partial charge in [-0.25, -0.2) is 0 Å². The third kappa shape index (κ3) is 5.06. The molecule has 4 aliphatic heterocycles. The Bertz CT molecular complexity index is 1410. The molecule has 1 N–H and O–H groups in total. The van der Waals surface area contributed by atoms with Crippen LogP contribution >= 0.6 is 11.8 Å². The molecule has 2 aromatic carbocycles. The molecule has 6 rings (SSSR count). The first-order valence-electron chi connectivity index (χ1n) is 15.4. The number of aliphatic hydroxyl groups is 1. The molecule has 2 aromatic rings. The number of amides is 3. The first kappa shape index (κ1) is 29.5. The Morgan fingerprint density at radius 1 is 0.930 bits per heavy atom. The van der Waals surface area contributed by atoms with Crippen molar-refractivity contribution in [2.24, 2.45) is 11.8 Å². The second-order valence-electron chi connectivity index (χ2n) is 11.6. The van der Waals surface area contributed by atoms with E-state index in [2.05, 4.69) is 24.8 Å². The van der Waals surface area contributed by atoms with Gasteiger partial charge in [-0.3, -0.25) is 14.4 Å². The summed E-state index contributed by atoms with van der Waals surface area (Å²) in [5.74, 6) is -1.59. The lowest BCUT2D eigenvalue weighted by atomic mass is 9.78. The quantitative estimate of drug-likeness (QED) is 0.442. The van der Waals surface area contributed by atoms with Gasteiger partial charge in [0.15, 0.2) is 0 Å². The van der Waals surface area contributed by atoms with E-state index in [1.165, 1.54) is 0 Å². The van der Waals surface area contributed by atoms with Crippen LogP contribution in [-0.4, -0.2) is 88.0 Å². The van der Waals surface area contributed by atoms with Crippen LogP contribution in [0.25, 0.3) is 0 Å². The summed E-state index contributed by atoms with van der Waals surface area (Å²) in [4.78, 5) is 50.7. The number of hydrogen-bond donors (Lipinski definition) is 1. The third-order valence-corrected chi connectivity index (χ3v) is 11.0. The van der Waals surface area contributed by atoms with Crippen molar-refractivity contribution in [1.82, 2.24) is 9.80 Å². The van der Waals surface area contributed by atoms with Gasteiger partial charge in [-0.1, -0.05) is 54.6 Å². The van der Waals surface area contributed by atoms with E-state index in [4.69, 9.17) is 0 Å². The van der Waals surface area contributed by atoms with Crippen molar-refractivity contribution in [3.8, 4) is 0 Å². The molecule has 8 nitrogen and oxygen atoms in total. The lowest BCUT2D eigenvalue weighted by Crippen LogP contribution is -2.53. The van der Waals surface area contributed by atoms with Gasteiger partial charge in [-0.15, -0.1) is 11.8 Å². The van der Waals surface area contributed by atoms with Crippen molar-refractivity contribution in [1.29, 1.82) is 0 Å². The minimum absolute atomic E-state index is 0.0433. The normalized spacial score (nSPS) is 28.1. The monoisotopic (exact) mass is 600 g/mol. The predicted octanol–water partition coefficient (Wildman–Crippen LogP) is 3.71. The van der Waals surface area contributed by atoms with Gasteiger partial charge in [-0.05, 0) is 50.1 Å². The van der Waals surface area contributed by atoms with E-state index in [9.17, 15) is 19.5 Å². The van der Waals surface area contributed by atoms with Crippen LogP contribution in [0.2, 0.25) is 0 Å². The fourth-order valence-electron chi connectivity index (χ4n) is 7.28. The van der Waals surface area contributed by atoms with Crippen LogP contribution in [0.15, 0.2) is 78.9 Å². The molecule has 2 fully saturated rings. The summed E-state index contributed by atoms with van der Waals surface area (Å²) in [6.45, 7) is 7.55.